The van der Waals surface area contributed by atoms with Crippen LogP contribution in [0.15, 0.2) is 58.5 Å². The molecule has 1 aliphatic rings. The monoisotopic (exact) mass is 642 g/mol. The van der Waals surface area contributed by atoms with E-state index in [9.17, 15) is 9.59 Å². The number of allylic oxidation sites excluding steroid dienone is 4. The maximum Gasteiger partial charge on any atom is 0.349 e. The topological polar surface area (TPSA) is 91.1 Å². The number of esters is 2. The third-order valence-electron chi connectivity index (χ3n) is 7.92. The minimum Gasteiger partial charge on any atom is -0.476 e. The van der Waals surface area contributed by atoms with E-state index >= 15 is 0 Å². The minimum atomic E-state index is -1.14. The van der Waals surface area contributed by atoms with Crippen LogP contribution in [0.25, 0.3) is 5.57 Å². The zero-order valence-corrected chi connectivity index (χ0v) is 29.7. The van der Waals surface area contributed by atoms with Crippen molar-refractivity contribution in [3.63, 3.8) is 0 Å². The van der Waals surface area contributed by atoms with Crippen LogP contribution in [0.2, 0.25) is 0 Å². The number of hydrogen-bond acceptors (Lipinski definition) is 8. The van der Waals surface area contributed by atoms with E-state index in [0.717, 1.165) is 33.7 Å². The maximum absolute atomic E-state index is 13.1. The second-order valence-electron chi connectivity index (χ2n) is 13.7. The average Bonchev–Trinajstić information content (AvgIpc) is 3.30. The Morgan fingerprint density at radius 3 is 2.30 bits per heavy atom. The molecule has 0 aliphatic heterocycles. The highest BCUT2D eigenvalue weighted by atomic mass is 16.6. The fourth-order valence-corrected chi connectivity index (χ4v) is 5.61. The number of aromatic nitrogens is 1. The van der Waals surface area contributed by atoms with E-state index < -0.39 is 17.2 Å². The molecule has 1 heterocycles. The van der Waals surface area contributed by atoms with Crippen LogP contribution in [0, 0.1) is 13.8 Å². The van der Waals surface area contributed by atoms with Gasteiger partial charge in [-0.25, -0.2) is 9.78 Å². The summed E-state index contributed by atoms with van der Waals surface area (Å²) in [6.07, 6.45) is 5.53. The molecule has 0 unspecified atom stereocenters. The van der Waals surface area contributed by atoms with E-state index in [2.05, 4.69) is 56.3 Å². The van der Waals surface area contributed by atoms with Crippen LogP contribution in [-0.2, 0) is 45.0 Å². The number of hydrogen-bond donors (Lipinski definition) is 0. The summed E-state index contributed by atoms with van der Waals surface area (Å²) in [6.45, 7) is 20.1. The van der Waals surface area contributed by atoms with Crippen LogP contribution >= 0.6 is 0 Å². The van der Waals surface area contributed by atoms with Crippen molar-refractivity contribution in [2.24, 2.45) is 0 Å². The van der Waals surface area contributed by atoms with Gasteiger partial charge in [0.2, 0.25) is 0 Å². The molecule has 0 N–H and O–H groups in total. The van der Waals surface area contributed by atoms with Gasteiger partial charge in [-0.2, -0.15) is 0 Å². The molecule has 3 aromatic rings. The summed E-state index contributed by atoms with van der Waals surface area (Å²) in [7, 11) is 0. The van der Waals surface area contributed by atoms with Gasteiger partial charge in [0.15, 0.2) is 11.5 Å². The van der Waals surface area contributed by atoms with Crippen molar-refractivity contribution in [1.82, 2.24) is 9.88 Å². The summed E-state index contributed by atoms with van der Waals surface area (Å²) in [5.74, 6) is 1.31. The van der Waals surface area contributed by atoms with Crippen LogP contribution in [0.1, 0.15) is 101 Å². The van der Waals surface area contributed by atoms with Crippen LogP contribution in [0.5, 0.6) is 5.75 Å². The van der Waals surface area contributed by atoms with Gasteiger partial charge in [0, 0.05) is 19.5 Å². The molecule has 1 aliphatic carbocycles. The first kappa shape index (κ1) is 35.7. The normalized spacial score (nSPS) is 13.2. The third kappa shape index (κ3) is 9.44. The molecule has 1 aromatic heterocycles. The van der Waals surface area contributed by atoms with E-state index in [1.54, 1.807) is 20.8 Å². The standard InChI is InChI=1S/C39H50N2O6/c1-11-30-20-29(18-26(4)36(30)47-39(9,10)37(43)44-12-2)22-41(24-35(42)46-38(6,7)8)23-33-27(5)45-34(40-33)21-28-14-13-15-31(19-28)32-17-16-25(32)3/h13-20H,11-12,21-24H2,1-10H3. The molecule has 0 saturated carbocycles. The molecule has 4 rings (SSSR count). The smallest absolute Gasteiger partial charge is 0.349 e. The highest BCUT2D eigenvalue weighted by Gasteiger charge is 2.33. The molecule has 252 valence electrons. The lowest BCUT2D eigenvalue weighted by atomic mass is 9.90. The summed E-state index contributed by atoms with van der Waals surface area (Å²) >= 11 is 0. The average molecular weight is 643 g/mol. The predicted molar refractivity (Wildman–Crippen MR) is 184 cm³/mol. The summed E-state index contributed by atoms with van der Waals surface area (Å²) in [5.41, 5.74) is 6.79. The molecule has 0 saturated heterocycles. The Morgan fingerprint density at radius 2 is 1.68 bits per heavy atom. The number of oxazole rings is 1. The Kier molecular flexibility index (Phi) is 11.2. The van der Waals surface area contributed by atoms with Gasteiger partial charge in [0.25, 0.3) is 0 Å². The number of ether oxygens (including phenoxy) is 3. The van der Waals surface area contributed by atoms with Crippen LogP contribution < -0.4 is 4.74 Å². The van der Waals surface area contributed by atoms with Crippen molar-refractivity contribution in [1.29, 1.82) is 0 Å². The Labute approximate surface area is 279 Å². The van der Waals surface area contributed by atoms with E-state index in [0.29, 0.717) is 37.6 Å². The lowest BCUT2D eigenvalue weighted by Gasteiger charge is -2.28. The van der Waals surface area contributed by atoms with Crippen molar-refractivity contribution < 1.29 is 28.2 Å². The van der Waals surface area contributed by atoms with Crippen molar-refractivity contribution in [2.45, 2.75) is 106 Å². The summed E-state index contributed by atoms with van der Waals surface area (Å²) < 4.78 is 23.3. The number of nitrogens with zero attached hydrogens (tertiary/aromatic N) is 2. The first-order valence-corrected chi connectivity index (χ1v) is 16.4. The molecule has 47 heavy (non-hydrogen) atoms. The van der Waals surface area contributed by atoms with Gasteiger partial charge in [-0.3, -0.25) is 9.69 Å². The Bertz CT molecular complexity index is 1670. The highest BCUT2D eigenvalue weighted by molar-refractivity contribution is 5.85. The number of carbonyl (C=O) groups is 2. The van der Waals surface area contributed by atoms with Gasteiger partial charge >= 0.3 is 11.9 Å². The molecular formula is C39H50N2O6. The first-order chi connectivity index (χ1) is 22.1. The maximum atomic E-state index is 13.1. The van der Waals surface area contributed by atoms with Crippen molar-refractivity contribution >= 4 is 17.5 Å². The fourth-order valence-electron chi connectivity index (χ4n) is 5.61. The Hall–Kier alpha value is -4.17. The van der Waals surface area contributed by atoms with Gasteiger partial charge in [-0.1, -0.05) is 55.5 Å². The van der Waals surface area contributed by atoms with Crippen LogP contribution in [0.4, 0.5) is 0 Å². The zero-order valence-electron chi connectivity index (χ0n) is 29.7. The molecule has 0 radical (unpaired) electrons. The van der Waals surface area contributed by atoms with Crippen molar-refractivity contribution in [2.75, 3.05) is 13.2 Å². The minimum absolute atomic E-state index is 0.0809. The number of aryl methyl sites for hydroxylation is 3. The molecule has 0 atom stereocenters. The Morgan fingerprint density at radius 1 is 0.936 bits per heavy atom. The zero-order chi connectivity index (χ0) is 34.5. The van der Waals surface area contributed by atoms with Crippen LogP contribution in [-0.4, -0.2) is 46.2 Å². The molecule has 0 bridgehead atoms. The van der Waals surface area contributed by atoms with E-state index in [4.69, 9.17) is 23.6 Å². The van der Waals surface area contributed by atoms with Gasteiger partial charge in [-0.05, 0) is 108 Å². The SMILES string of the molecule is CCOC(=O)C(C)(C)Oc1c(C)cc(CN(CC(=O)OC(C)(C)C)Cc2nc(Cc3cccc(C4=CC=C4C)c3)oc2C)cc1CC. The first-order valence-electron chi connectivity index (χ1n) is 16.4. The lowest BCUT2D eigenvalue weighted by Crippen LogP contribution is -2.40. The van der Waals surface area contributed by atoms with Gasteiger partial charge in [0.1, 0.15) is 17.1 Å². The summed E-state index contributed by atoms with van der Waals surface area (Å²) in [5, 5.41) is 0. The van der Waals surface area contributed by atoms with E-state index in [-0.39, 0.29) is 19.1 Å². The number of rotatable bonds is 14. The summed E-state index contributed by atoms with van der Waals surface area (Å²) in [6, 6.07) is 12.6. The molecular weight excluding hydrogens is 592 g/mol. The predicted octanol–water partition coefficient (Wildman–Crippen LogP) is 7.85. The highest BCUT2D eigenvalue weighted by Crippen LogP contribution is 2.32. The quantitative estimate of drug-likeness (QED) is 0.164. The molecule has 8 nitrogen and oxygen atoms in total. The Balaban J connectivity index is 1.56. The van der Waals surface area contributed by atoms with Crippen molar-refractivity contribution in [3.05, 3.63) is 99.3 Å². The van der Waals surface area contributed by atoms with Gasteiger partial charge in [-0.15, -0.1) is 0 Å². The number of benzene rings is 2. The lowest BCUT2D eigenvalue weighted by molar-refractivity contribution is -0.159. The van der Waals surface area contributed by atoms with Gasteiger partial charge < -0.3 is 18.6 Å². The largest absolute Gasteiger partial charge is 0.476 e. The molecule has 8 heteroatoms. The van der Waals surface area contributed by atoms with Gasteiger partial charge in [0.05, 0.1) is 18.8 Å². The fraction of sp³-hybridized carbons (Fsp3) is 0.462. The second-order valence-corrected chi connectivity index (χ2v) is 13.7. The van der Waals surface area contributed by atoms with Crippen LogP contribution in [0.3, 0.4) is 0 Å². The molecule has 2 aromatic carbocycles. The molecule has 0 fully saturated rings. The number of carbonyl (C=O) groups excluding carboxylic acids is 2. The van der Waals surface area contributed by atoms with Crippen molar-refractivity contribution in [3.8, 4) is 5.75 Å². The summed E-state index contributed by atoms with van der Waals surface area (Å²) in [4.78, 5) is 32.5. The van der Waals surface area contributed by atoms with E-state index in [1.165, 1.54) is 16.7 Å². The molecule has 0 spiro atoms. The second kappa shape index (κ2) is 14.7. The third-order valence-corrected chi connectivity index (χ3v) is 7.92. The molecule has 0 amide bonds. The van der Waals surface area contributed by atoms with E-state index in [1.807, 2.05) is 45.6 Å².